The Labute approximate surface area is 136 Å². The van der Waals surface area contributed by atoms with E-state index in [2.05, 4.69) is 22.8 Å². The quantitative estimate of drug-likeness (QED) is 0.549. The number of carboxylic acid groups (broad SMARTS) is 2. The predicted molar refractivity (Wildman–Crippen MR) is 77.4 cm³/mol. The minimum Gasteiger partial charge on any atom is -0.480 e. The van der Waals surface area contributed by atoms with Gasteiger partial charge in [0.25, 0.3) is 0 Å². The monoisotopic (exact) mass is 360 g/mol. The number of hydrogen-bond donors (Lipinski definition) is 4. The molecule has 134 valence electrons. The van der Waals surface area contributed by atoms with Crippen LogP contribution in [0, 0.1) is 0 Å². The van der Waals surface area contributed by atoms with E-state index in [9.17, 15) is 22.8 Å². The molecular formula is C12H19F3N2O5S. The number of rotatable bonds is 3. The number of nitrogens with one attached hydrogen (secondary N) is 1. The van der Waals surface area contributed by atoms with Crippen molar-refractivity contribution in [3.05, 3.63) is 0 Å². The van der Waals surface area contributed by atoms with Crippen LogP contribution in [0.2, 0.25) is 0 Å². The summed E-state index contributed by atoms with van der Waals surface area (Å²) in [4.78, 5) is 33.2. The Morgan fingerprint density at radius 1 is 1.22 bits per heavy atom. The number of thiol groups is 1. The van der Waals surface area contributed by atoms with Gasteiger partial charge in [-0.25, -0.2) is 9.59 Å². The fourth-order valence-corrected chi connectivity index (χ4v) is 2.30. The molecule has 3 N–H and O–H groups in total. The molecule has 1 aliphatic rings. The van der Waals surface area contributed by atoms with E-state index >= 15 is 0 Å². The van der Waals surface area contributed by atoms with Crippen LogP contribution in [0.25, 0.3) is 0 Å². The second kappa shape index (κ2) is 8.39. The Morgan fingerprint density at radius 3 is 1.87 bits per heavy atom. The molecule has 1 aliphatic heterocycles. The van der Waals surface area contributed by atoms with Gasteiger partial charge in [-0.2, -0.15) is 25.8 Å². The van der Waals surface area contributed by atoms with E-state index in [1.54, 1.807) is 0 Å². The minimum absolute atomic E-state index is 0.334. The molecule has 0 aromatic rings. The number of nitrogens with zero attached hydrogens (tertiary/aromatic N) is 1. The van der Waals surface area contributed by atoms with Gasteiger partial charge in [-0.15, -0.1) is 0 Å². The summed E-state index contributed by atoms with van der Waals surface area (Å²) in [6.07, 6.45) is -3.77. The van der Waals surface area contributed by atoms with Crippen LogP contribution in [0.3, 0.4) is 0 Å². The lowest BCUT2D eigenvalue weighted by molar-refractivity contribution is -0.192. The van der Waals surface area contributed by atoms with Gasteiger partial charge >= 0.3 is 18.1 Å². The first kappa shape index (κ1) is 21.5. The summed E-state index contributed by atoms with van der Waals surface area (Å²) < 4.78 is 31.1. The summed E-state index contributed by atoms with van der Waals surface area (Å²) in [5.74, 6) is -4.11. The van der Waals surface area contributed by atoms with Crippen molar-refractivity contribution in [2.45, 2.75) is 36.7 Å². The van der Waals surface area contributed by atoms with Gasteiger partial charge in [0, 0.05) is 11.7 Å². The third-order valence-corrected chi connectivity index (χ3v) is 3.93. The summed E-state index contributed by atoms with van der Waals surface area (Å²) in [6.45, 7) is 2.92. The molecule has 7 nitrogen and oxygen atoms in total. The number of amides is 1. The summed E-state index contributed by atoms with van der Waals surface area (Å²) >= 11 is 4.48. The van der Waals surface area contributed by atoms with Crippen LogP contribution < -0.4 is 5.32 Å². The summed E-state index contributed by atoms with van der Waals surface area (Å²) in [5, 5.41) is 18.7. The standard InChI is InChI=1S/C10H18N2O3S.C2HF3O2/c1-7(13)11-8(9(14)15)10(16)3-5-12(2)6-4-10;3-2(4,5)1(6)7/h8,16H,3-6H2,1-2H3,(H,11,13)(H,14,15);(H,6,7)/t8-;/m1./s1. The largest absolute Gasteiger partial charge is 0.490 e. The van der Waals surface area contributed by atoms with Crippen LogP contribution in [0.1, 0.15) is 19.8 Å². The predicted octanol–water partition coefficient (Wildman–Crippen LogP) is 0.603. The highest BCUT2D eigenvalue weighted by atomic mass is 32.1. The zero-order chi connectivity index (χ0) is 18.4. The maximum atomic E-state index is 11.1. The van der Waals surface area contributed by atoms with E-state index in [0.717, 1.165) is 13.1 Å². The molecule has 0 unspecified atom stereocenters. The highest BCUT2D eigenvalue weighted by Crippen LogP contribution is 2.32. The van der Waals surface area contributed by atoms with E-state index in [0.29, 0.717) is 12.8 Å². The van der Waals surface area contributed by atoms with Gasteiger partial charge in [-0.05, 0) is 33.0 Å². The maximum absolute atomic E-state index is 11.1. The topological polar surface area (TPSA) is 107 Å². The first-order valence-electron chi connectivity index (χ1n) is 6.50. The van der Waals surface area contributed by atoms with Crippen LogP contribution in [0.4, 0.5) is 13.2 Å². The van der Waals surface area contributed by atoms with E-state index in [1.807, 2.05) is 7.05 Å². The Hall–Kier alpha value is -1.49. The number of carbonyl (C=O) groups is 3. The van der Waals surface area contributed by atoms with E-state index in [1.165, 1.54) is 6.92 Å². The summed E-state index contributed by atoms with van der Waals surface area (Å²) in [5.41, 5.74) is 0. The van der Waals surface area contributed by atoms with Gasteiger partial charge in [-0.1, -0.05) is 0 Å². The van der Waals surface area contributed by atoms with Crippen molar-refractivity contribution < 1.29 is 37.8 Å². The van der Waals surface area contributed by atoms with Gasteiger partial charge < -0.3 is 20.4 Å². The number of halogens is 3. The Morgan fingerprint density at radius 2 is 1.61 bits per heavy atom. The number of piperidine rings is 1. The molecule has 1 rings (SSSR count). The van der Waals surface area contributed by atoms with Crippen LogP contribution in [-0.4, -0.2) is 70.1 Å². The van der Waals surface area contributed by atoms with Crippen molar-refractivity contribution in [1.29, 1.82) is 0 Å². The molecule has 1 heterocycles. The fraction of sp³-hybridized carbons (Fsp3) is 0.750. The zero-order valence-corrected chi connectivity index (χ0v) is 13.4. The molecule has 0 aromatic heterocycles. The third kappa shape index (κ3) is 7.55. The summed E-state index contributed by atoms with van der Waals surface area (Å²) in [7, 11) is 1.99. The van der Waals surface area contributed by atoms with Crippen molar-refractivity contribution >= 4 is 30.5 Å². The van der Waals surface area contributed by atoms with Crippen molar-refractivity contribution in [2.24, 2.45) is 0 Å². The Bertz CT molecular complexity index is 450. The molecule has 0 radical (unpaired) electrons. The maximum Gasteiger partial charge on any atom is 0.490 e. The molecule has 1 saturated heterocycles. The van der Waals surface area contributed by atoms with E-state index < -0.39 is 28.9 Å². The molecule has 0 aromatic carbocycles. The number of carbonyl (C=O) groups excluding carboxylic acids is 1. The number of carboxylic acids is 2. The highest BCUT2D eigenvalue weighted by Gasteiger charge is 2.42. The van der Waals surface area contributed by atoms with Crippen molar-refractivity contribution in [3.8, 4) is 0 Å². The molecule has 23 heavy (non-hydrogen) atoms. The van der Waals surface area contributed by atoms with Gasteiger partial charge in [0.2, 0.25) is 5.91 Å². The molecule has 0 spiro atoms. The molecule has 1 atom stereocenters. The normalized spacial score (nSPS) is 19.0. The third-order valence-electron chi connectivity index (χ3n) is 3.23. The van der Waals surface area contributed by atoms with Crippen molar-refractivity contribution in [3.63, 3.8) is 0 Å². The van der Waals surface area contributed by atoms with Crippen LogP contribution in [-0.2, 0) is 14.4 Å². The average Bonchev–Trinajstić information content (AvgIpc) is 2.39. The first-order valence-corrected chi connectivity index (χ1v) is 6.95. The Kier molecular flexibility index (Phi) is 7.84. The summed E-state index contributed by atoms with van der Waals surface area (Å²) in [6, 6.07) is -0.915. The van der Waals surface area contributed by atoms with Crippen LogP contribution in [0.15, 0.2) is 0 Å². The molecule has 0 bridgehead atoms. The number of aliphatic carboxylic acids is 2. The molecule has 0 aliphatic carbocycles. The second-order valence-corrected chi connectivity index (χ2v) is 6.07. The lowest BCUT2D eigenvalue weighted by atomic mass is 9.88. The van der Waals surface area contributed by atoms with Crippen molar-refractivity contribution in [1.82, 2.24) is 10.2 Å². The van der Waals surface area contributed by atoms with Gasteiger partial charge in [-0.3, -0.25) is 4.79 Å². The lowest BCUT2D eigenvalue weighted by Gasteiger charge is -2.40. The smallest absolute Gasteiger partial charge is 0.480 e. The number of likely N-dealkylation sites (tertiary alicyclic amines) is 1. The van der Waals surface area contributed by atoms with Crippen LogP contribution >= 0.6 is 12.6 Å². The van der Waals surface area contributed by atoms with Crippen LogP contribution in [0.5, 0.6) is 0 Å². The molecule has 11 heteroatoms. The zero-order valence-electron chi connectivity index (χ0n) is 12.6. The molecule has 1 fully saturated rings. The van der Waals surface area contributed by atoms with Crippen molar-refractivity contribution in [2.75, 3.05) is 20.1 Å². The van der Waals surface area contributed by atoms with E-state index in [4.69, 9.17) is 15.0 Å². The van der Waals surface area contributed by atoms with Gasteiger partial charge in [0.05, 0.1) is 0 Å². The van der Waals surface area contributed by atoms with E-state index in [-0.39, 0.29) is 5.91 Å². The number of alkyl halides is 3. The fourth-order valence-electron chi connectivity index (χ4n) is 1.92. The van der Waals surface area contributed by atoms with Gasteiger partial charge in [0.15, 0.2) is 0 Å². The Balaban J connectivity index is 0.000000585. The molecular weight excluding hydrogens is 341 g/mol. The SMILES string of the molecule is CC(=O)N[C@H](C(=O)O)C1(S)CCN(C)CC1.O=C(O)C(F)(F)F. The number of hydrogen-bond acceptors (Lipinski definition) is 5. The second-order valence-electron chi connectivity index (χ2n) is 5.18. The first-order chi connectivity index (χ1) is 10.3. The van der Waals surface area contributed by atoms with Gasteiger partial charge in [0.1, 0.15) is 6.04 Å². The average molecular weight is 360 g/mol. The molecule has 1 amide bonds. The molecule has 0 saturated carbocycles. The minimum atomic E-state index is -5.08. The highest BCUT2D eigenvalue weighted by molar-refractivity contribution is 7.82. The lowest BCUT2D eigenvalue weighted by Crippen LogP contribution is -2.57.